The number of aryl methyl sites for hydroxylation is 1. The second-order valence-corrected chi connectivity index (χ2v) is 5.78. The van der Waals surface area contributed by atoms with Gasteiger partial charge in [-0.25, -0.2) is 0 Å². The minimum atomic E-state index is -1.87. The number of rotatable bonds is 6. The Morgan fingerprint density at radius 2 is 2.00 bits per heavy atom. The van der Waals surface area contributed by atoms with Crippen LogP contribution in [-0.4, -0.2) is 64.3 Å². The van der Waals surface area contributed by atoms with E-state index >= 15 is 0 Å². The number of ether oxygens (including phenoxy) is 2. The number of benzene rings is 1. The second kappa shape index (κ2) is 7.27. The number of phenolic OH excluding ortho intramolecular Hbond substituents is 1. The summed E-state index contributed by atoms with van der Waals surface area (Å²) in [6, 6.07) is 4.80. The minimum Gasteiger partial charge on any atom is -0.504 e. The quantitative estimate of drug-likeness (QED) is 0.571. The van der Waals surface area contributed by atoms with E-state index in [2.05, 4.69) is 0 Å². The first kappa shape index (κ1) is 17.7. The minimum absolute atomic E-state index is 0.0188. The van der Waals surface area contributed by atoms with Crippen molar-refractivity contribution in [3.05, 3.63) is 23.8 Å². The number of Topliss-reactive ketones (excluding diaryl/α,β-unsaturated/α-hetero) is 1. The Morgan fingerprint density at radius 3 is 2.61 bits per heavy atom. The van der Waals surface area contributed by atoms with E-state index in [9.17, 15) is 25.2 Å². The van der Waals surface area contributed by atoms with Gasteiger partial charge in [0.2, 0.25) is 0 Å². The van der Waals surface area contributed by atoms with Crippen molar-refractivity contribution in [2.45, 2.75) is 37.1 Å². The largest absolute Gasteiger partial charge is 0.504 e. The van der Waals surface area contributed by atoms with Crippen molar-refractivity contribution in [1.82, 2.24) is 0 Å². The molecule has 7 nitrogen and oxygen atoms in total. The van der Waals surface area contributed by atoms with Crippen molar-refractivity contribution >= 4 is 5.78 Å². The van der Waals surface area contributed by atoms with Crippen LogP contribution >= 0.6 is 0 Å². The van der Waals surface area contributed by atoms with E-state index in [0.29, 0.717) is 12.2 Å². The molecular weight excluding hydrogens is 304 g/mol. The Labute approximate surface area is 134 Å². The van der Waals surface area contributed by atoms with Gasteiger partial charge in [0.15, 0.2) is 11.5 Å². The van der Waals surface area contributed by atoms with Gasteiger partial charge in [0.1, 0.15) is 23.6 Å². The Kier molecular flexibility index (Phi) is 5.59. The molecule has 1 fully saturated rings. The molecule has 0 aromatic heterocycles. The first-order valence-corrected chi connectivity index (χ1v) is 7.40. The zero-order valence-electron chi connectivity index (χ0n) is 12.9. The number of hydrogen-bond acceptors (Lipinski definition) is 7. The van der Waals surface area contributed by atoms with Gasteiger partial charge >= 0.3 is 0 Å². The van der Waals surface area contributed by atoms with Crippen LogP contribution in [0.3, 0.4) is 0 Å². The Morgan fingerprint density at radius 1 is 1.35 bits per heavy atom. The van der Waals surface area contributed by atoms with Crippen LogP contribution in [-0.2, 0) is 16.0 Å². The summed E-state index contributed by atoms with van der Waals surface area (Å²) in [7, 11) is 1.44. The molecule has 0 aliphatic carbocycles. The van der Waals surface area contributed by atoms with Crippen LogP contribution in [0.1, 0.15) is 18.4 Å². The van der Waals surface area contributed by atoms with Crippen molar-refractivity contribution in [2.24, 2.45) is 0 Å². The van der Waals surface area contributed by atoms with Crippen LogP contribution in [0.25, 0.3) is 0 Å². The molecule has 128 valence electrons. The van der Waals surface area contributed by atoms with Gasteiger partial charge in [-0.15, -0.1) is 0 Å². The fourth-order valence-electron chi connectivity index (χ4n) is 2.60. The molecule has 4 N–H and O–H groups in total. The monoisotopic (exact) mass is 326 g/mol. The van der Waals surface area contributed by atoms with Crippen LogP contribution in [0.4, 0.5) is 0 Å². The second-order valence-electron chi connectivity index (χ2n) is 5.78. The SMILES string of the molecule is COc1cc(CCC(=O)C[C@@]2(O)[C@H](O)COC[C@@H]2O)ccc1O. The van der Waals surface area contributed by atoms with E-state index in [1.807, 2.05) is 0 Å². The average Bonchev–Trinajstić information content (AvgIpc) is 2.52. The molecule has 1 aromatic rings. The molecule has 0 amide bonds. The molecule has 2 rings (SSSR count). The molecule has 0 radical (unpaired) electrons. The summed E-state index contributed by atoms with van der Waals surface area (Å²) in [5, 5.41) is 39.5. The number of aliphatic hydroxyl groups is 3. The zero-order chi connectivity index (χ0) is 17.0. The topological polar surface area (TPSA) is 116 Å². The van der Waals surface area contributed by atoms with Gasteiger partial charge in [-0.2, -0.15) is 0 Å². The van der Waals surface area contributed by atoms with E-state index < -0.39 is 17.8 Å². The highest BCUT2D eigenvalue weighted by Gasteiger charge is 2.47. The lowest BCUT2D eigenvalue weighted by atomic mass is 9.83. The van der Waals surface area contributed by atoms with Gasteiger partial charge in [-0.05, 0) is 24.1 Å². The number of hydrogen-bond donors (Lipinski definition) is 4. The average molecular weight is 326 g/mol. The standard InChI is InChI=1S/C16H22O7/c1-22-13-6-10(3-5-12(13)18)2-4-11(17)7-16(21)14(19)8-23-9-15(16)20/h3,5-6,14-15,18-21H,2,4,7-9H2,1H3/t14-,15+,16-. The summed E-state index contributed by atoms with van der Waals surface area (Å²) in [6.07, 6.45) is -2.41. The molecule has 0 saturated carbocycles. The lowest BCUT2D eigenvalue weighted by Gasteiger charge is -2.40. The van der Waals surface area contributed by atoms with E-state index in [1.165, 1.54) is 13.2 Å². The van der Waals surface area contributed by atoms with Gasteiger partial charge in [-0.1, -0.05) is 6.07 Å². The van der Waals surface area contributed by atoms with Crippen molar-refractivity contribution in [3.63, 3.8) is 0 Å². The fraction of sp³-hybridized carbons (Fsp3) is 0.562. The first-order valence-electron chi connectivity index (χ1n) is 7.40. The number of carbonyl (C=O) groups is 1. The maximum absolute atomic E-state index is 12.1. The van der Waals surface area contributed by atoms with Gasteiger partial charge in [0.25, 0.3) is 0 Å². The highest BCUT2D eigenvalue weighted by atomic mass is 16.5. The van der Waals surface area contributed by atoms with E-state index in [1.54, 1.807) is 12.1 Å². The first-order chi connectivity index (χ1) is 10.9. The molecule has 1 aliphatic heterocycles. The third-order valence-corrected chi connectivity index (χ3v) is 4.12. The summed E-state index contributed by atoms with van der Waals surface area (Å²) >= 11 is 0. The molecule has 0 bridgehead atoms. The lowest BCUT2D eigenvalue weighted by Crippen LogP contribution is -2.60. The maximum Gasteiger partial charge on any atom is 0.160 e. The number of ketones is 1. The number of carbonyl (C=O) groups excluding carboxylic acids is 1. The number of phenols is 1. The normalized spacial score (nSPS) is 27.7. The number of methoxy groups -OCH3 is 1. The Bertz CT molecular complexity index is 547. The van der Waals surface area contributed by atoms with Crippen molar-refractivity contribution in [1.29, 1.82) is 0 Å². The Balaban J connectivity index is 1.94. The van der Waals surface area contributed by atoms with E-state index in [4.69, 9.17) is 9.47 Å². The predicted octanol–water partition coefficient (Wildman–Crippen LogP) is -0.224. The lowest BCUT2D eigenvalue weighted by molar-refractivity contribution is -0.215. The third-order valence-electron chi connectivity index (χ3n) is 4.12. The highest BCUT2D eigenvalue weighted by Crippen LogP contribution is 2.28. The van der Waals surface area contributed by atoms with Gasteiger partial charge in [-0.3, -0.25) is 4.79 Å². The van der Waals surface area contributed by atoms with Crippen LogP contribution in [0.15, 0.2) is 18.2 Å². The summed E-state index contributed by atoms with van der Waals surface area (Å²) in [5.41, 5.74) is -1.07. The van der Waals surface area contributed by atoms with E-state index in [-0.39, 0.29) is 37.6 Å². The molecule has 7 heteroatoms. The van der Waals surface area contributed by atoms with Crippen LogP contribution in [0.5, 0.6) is 11.5 Å². The molecule has 1 aromatic carbocycles. The van der Waals surface area contributed by atoms with Crippen molar-refractivity contribution in [3.8, 4) is 11.5 Å². The summed E-state index contributed by atoms with van der Waals surface area (Å²) < 4.78 is 9.93. The molecule has 1 heterocycles. The zero-order valence-corrected chi connectivity index (χ0v) is 12.9. The van der Waals surface area contributed by atoms with Crippen LogP contribution in [0.2, 0.25) is 0 Å². The maximum atomic E-state index is 12.1. The molecule has 1 aliphatic rings. The summed E-state index contributed by atoms with van der Waals surface area (Å²) in [6.45, 7) is -0.230. The van der Waals surface area contributed by atoms with Crippen molar-refractivity contribution < 1.29 is 34.7 Å². The third kappa shape index (κ3) is 4.00. The van der Waals surface area contributed by atoms with Crippen LogP contribution in [0, 0.1) is 0 Å². The molecule has 0 unspecified atom stereocenters. The van der Waals surface area contributed by atoms with Gasteiger partial charge < -0.3 is 29.9 Å². The Hall–Kier alpha value is -1.67. The molecule has 0 spiro atoms. The smallest absolute Gasteiger partial charge is 0.160 e. The molecule has 1 saturated heterocycles. The molecule has 3 atom stereocenters. The molecule has 23 heavy (non-hydrogen) atoms. The summed E-state index contributed by atoms with van der Waals surface area (Å²) in [5.74, 6) is 0.0636. The number of aliphatic hydroxyl groups excluding tert-OH is 2. The summed E-state index contributed by atoms with van der Waals surface area (Å²) in [4.78, 5) is 12.1. The van der Waals surface area contributed by atoms with Gasteiger partial charge in [0, 0.05) is 12.8 Å². The fourth-order valence-corrected chi connectivity index (χ4v) is 2.60. The van der Waals surface area contributed by atoms with E-state index in [0.717, 1.165) is 5.56 Å². The number of aromatic hydroxyl groups is 1. The highest BCUT2D eigenvalue weighted by molar-refractivity contribution is 5.80. The van der Waals surface area contributed by atoms with Crippen LogP contribution < -0.4 is 4.74 Å². The van der Waals surface area contributed by atoms with Crippen molar-refractivity contribution in [2.75, 3.05) is 20.3 Å². The predicted molar refractivity (Wildman–Crippen MR) is 80.4 cm³/mol. The molecular formula is C16H22O7. The van der Waals surface area contributed by atoms with Gasteiger partial charge in [0.05, 0.1) is 20.3 Å².